The molecule has 0 fully saturated rings. The number of primary amides is 1. The molecule has 0 saturated carbocycles. The molecule has 1 aromatic rings. The molecule has 41 heavy (non-hydrogen) atoms. The molecular formula is C33H42BrNO6. The first kappa shape index (κ1) is 33.9. The van der Waals surface area contributed by atoms with E-state index in [1.54, 1.807) is 42.5 Å². The molecule has 0 saturated heterocycles. The Kier molecular flexibility index (Phi) is 13.4. The molecule has 0 aliphatic carbocycles. The monoisotopic (exact) mass is 627 g/mol. The second kappa shape index (κ2) is 16.2. The normalized spacial score (nSPS) is 26.8. The fourth-order valence-electron chi connectivity index (χ4n) is 4.50. The number of allylic oxidation sites excluding steroid dienone is 4. The molecule has 2 rings (SSSR count). The molecule has 1 aliphatic rings. The van der Waals surface area contributed by atoms with Crippen LogP contribution in [-0.2, 0) is 14.3 Å². The Balaban J connectivity index is 2.15. The van der Waals surface area contributed by atoms with Crippen molar-refractivity contribution in [3.63, 3.8) is 0 Å². The van der Waals surface area contributed by atoms with Crippen LogP contribution >= 0.6 is 15.9 Å². The quantitative estimate of drug-likeness (QED) is 0.185. The van der Waals surface area contributed by atoms with Crippen molar-refractivity contribution in [3.05, 3.63) is 76.8 Å². The molecule has 0 aromatic heterocycles. The van der Waals surface area contributed by atoms with Crippen molar-refractivity contribution in [2.45, 2.75) is 72.2 Å². The SMILES string of the molecule is CC1/C=C/[C@H](C)[C@@H](/C=C/C#C/C=C/C(C)(C)C(O)c2cccc(O)c2Br)OC(=O)/C=C\C[C@@H](C)C[C@@H](OC(N)=O)C1. The number of esters is 1. The van der Waals surface area contributed by atoms with E-state index < -0.39 is 29.7 Å². The van der Waals surface area contributed by atoms with Crippen LogP contribution in [0.1, 0.15) is 65.5 Å². The lowest BCUT2D eigenvalue weighted by Crippen LogP contribution is -2.26. The minimum Gasteiger partial charge on any atom is -0.507 e. The molecule has 4 N–H and O–H groups in total. The molecule has 6 atom stereocenters. The molecule has 8 heteroatoms. The van der Waals surface area contributed by atoms with E-state index in [1.165, 1.54) is 6.08 Å². The minimum atomic E-state index is -0.870. The van der Waals surface area contributed by atoms with Crippen molar-refractivity contribution in [1.82, 2.24) is 0 Å². The number of cyclic esters (lactones) is 1. The van der Waals surface area contributed by atoms with E-state index in [9.17, 15) is 19.8 Å². The van der Waals surface area contributed by atoms with E-state index in [1.807, 2.05) is 52.8 Å². The van der Waals surface area contributed by atoms with Gasteiger partial charge in [0.15, 0.2) is 0 Å². The molecule has 2 unspecified atom stereocenters. The zero-order valence-electron chi connectivity index (χ0n) is 24.4. The molecule has 0 radical (unpaired) electrons. The zero-order chi connectivity index (χ0) is 30.6. The number of benzene rings is 1. The van der Waals surface area contributed by atoms with Gasteiger partial charge in [-0.25, -0.2) is 9.59 Å². The number of aliphatic hydroxyl groups excluding tert-OH is 1. The van der Waals surface area contributed by atoms with Gasteiger partial charge in [0.2, 0.25) is 0 Å². The van der Waals surface area contributed by atoms with E-state index in [4.69, 9.17) is 15.2 Å². The Bertz CT molecular complexity index is 1220. The van der Waals surface area contributed by atoms with Crippen LogP contribution in [0.3, 0.4) is 0 Å². The average Bonchev–Trinajstić information content (AvgIpc) is 2.88. The van der Waals surface area contributed by atoms with E-state index in [0.29, 0.717) is 29.3 Å². The van der Waals surface area contributed by atoms with Gasteiger partial charge in [-0.05, 0) is 76.9 Å². The van der Waals surface area contributed by atoms with Crippen LogP contribution in [0, 0.1) is 35.0 Å². The number of halogens is 1. The smallest absolute Gasteiger partial charge is 0.404 e. The minimum absolute atomic E-state index is 0.0645. The third-order valence-corrected chi connectivity index (χ3v) is 7.81. The molecule has 1 aromatic carbocycles. The summed E-state index contributed by atoms with van der Waals surface area (Å²) in [5, 5.41) is 20.8. The van der Waals surface area contributed by atoms with Crippen molar-refractivity contribution >= 4 is 28.0 Å². The molecule has 1 aliphatic heterocycles. The van der Waals surface area contributed by atoms with Crippen LogP contribution < -0.4 is 5.73 Å². The fraction of sp³-hybridized carbons (Fsp3) is 0.455. The molecule has 1 heterocycles. The van der Waals surface area contributed by atoms with Gasteiger partial charge >= 0.3 is 12.1 Å². The third-order valence-electron chi connectivity index (χ3n) is 6.95. The van der Waals surface area contributed by atoms with Crippen molar-refractivity contribution in [1.29, 1.82) is 0 Å². The van der Waals surface area contributed by atoms with Gasteiger partial charge in [0.25, 0.3) is 0 Å². The van der Waals surface area contributed by atoms with Gasteiger partial charge in [0, 0.05) is 17.4 Å². The maximum Gasteiger partial charge on any atom is 0.404 e. The van der Waals surface area contributed by atoms with E-state index >= 15 is 0 Å². The second-order valence-corrected chi connectivity index (χ2v) is 12.1. The fourth-order valence-corrected chi connectivity index (χ4v) is 4.98. The molecular weight excluding hydrogens is 586 g/mol. The lowest BCUT2D eigenvalue weighted by atomic mass is 9.82. The lowest BCUT2D eigenvalue weighted by molar-refractivity contribution is -0.142. The summed E-state index contributed by atoms with van der Waals surface area (Å²) in [6.07, 6.45) is 13.6. The first-order chi connectivity index (χ1) is 19.3. The highest BCUT2D eigenvalue weighted by Gasteiger charge is 2.28. The lowest BCUT2D eigenvalue weighted by Gasteiger charge is -2.28. The average molecular weight is 629 g/mol. The molecule has 222 valence electrons. The Morgan fingerprint density at radius 2 is 1.90 bits per heavy atom. The maximum absolute atomic E-state index is 12.5. The molecule has 7 nitrogen and oxygen atoms in total. The van der Waals surface area contributed by atoms with Gasteiger partial charge < -0.3 is 25.4 Å². The molecule has 0 spiro atoms. The first-order valence-corrected chi connectivity index (χ1v) is 14.6. The van der Waals surface area contributed by atoms with E-state index in [2.05, 4.69) is 27.8 Å². The Labute approximate surface area is 252 Å². The predicted molar refractivity (Wildman–Crippen MR) is 165 cm³/mol. The van der Waals surface area contributed by atoms with Crippen LogP contribution in [0.5, 0.6) is 5.75 Å². The van der Waals surface area contributed by atoms with Gasteiger partial charge in [0.1, 0.15) is 18.0 Å². The van der Waals surface area contributed by atoms with Crippen molar-refractivity contribution in [2.24, 2.45) is 28.9 Å². The first-order valence-electron chi connectivity index (χ1n) is 13.8. The number of hydrogen-bond donors (Lipinski definition) is 3. The summed E-state index contributed by atoms with van der Waals surface area (Å²) in [4.78, 5) is 23.9. The summed E-state index contributed by atoms with van der Waals surface area (Å²) in [6, 6.07) is 4.99. The summed E-state index contributed by atoms with van der Waals surface area (Å²) < 4.78 is 11.5. The number of carbonyl (C=O) groups is 2. The van der Waals surface area contributed by atoms with Crippen LogP contribution in [0.2, 0.25) is 0 Å². The van der Waals surface area contributed by atoms with Crippen LogP contribution in [0.25, 0.3) is 0 Å². The highest BCUT2D eigenvalue weighted by molar-refractivity contribution is 9.10. The van der Waals surface area contributed by atoms with Crippen LogP contribution in [-0.4, -0.2) is 34.5 Å². The number of amides is 1. The summed E-state index contributed by atoms with van der Waals surface area (Å²) in [5.74, 6) is 5.69. The number of rotatable bonds is 5. The highest BCUT2D eigenvalue weighted by atomic mass is 79.9. The van der Waals surface area contributed by atoms with Gasteiger partial charge in [-0.2, -0.15) is 0 Å². The van der Waals surface area contributed by atoms with Gasteiger partial charge in [-0.3, -0.25) is 0 Å². The maximum atomic E-state index is 12.5. The molecule has 0 bridgehead atoms. The Morgan fingerprint density at radius 1 is 1.20 bits per heavy atom. The van der Waals surface area contributed by atoms with Crippen LogP contribution in [0.4, 0.5) is 4.79 Å². The second-order valence-electron chi connectivity index (χ2n) is 11.3. The van der Waals surface area contributed by atoms with E-state index in [0.717, 1.165) is 0 Å². The number of phenolic OH excluding ortho intramolecular Hbond substituents is 1. The topological polar surface area (TPSA) is 119 Å². The number of hydrogen-bond acceptors (Lipinski definition) is 6. The van der Waals surface area contributed by atoms with Crippen molar-refractivity contribution in [3.8, 4) is 17.6 Å². The van der Waals surface area contributed by atoms with E-state index in [-0.39, 0.29) is 29.6 Å². The third kappa shape index (κ3) is 11.6. The Hall–Kier alpha value is -3.28. The molecule has 1 amide bonds. The summed E-state index contributed by atoms with van der Waals surface area (Å²) in [7, 11) is 0. The largest absolute Gasteiger partial charge is 0.507 e. The Morgan fingerprint density at radius 3 is 2.61 bits per heavy atom. The van der Waals surface area contributed by atoms with Crippen LogP contribution in [0.15, 0.2) is 71.3 Å². The number of aliphatic hydroxyl groups is 1. The van der Waals surface area contributed by atoms with Crippen molar-refractivity contribution in [2.75, 3.05) is 0 Å². The summed E-state index contributed by atoms with van der Waals surface area (Å²) in [5.41, 5.74) is 5.21. The standard InChI is InChI=1S/C33H42BrNO6/c1-22-12-10-16-29(37)41-28(24(3)18-17-23(2)21-25(20-22)40-32(35)39)15-8-6-7-9-19-33(4,5)31(38)26-13-11-14-27(36)30(26)34/h8-11,13-19,22-25,28,31,36,38H,12,20-21H2,1-5H3,(H2,35,39)/b15-8+,16-10-,18-17+,19-9+/t22-,23?,24+,25-,28-,31?/m1/s1. The number of carbonyl (C=O) groups excluding carboxylic acids is 2. The zero-order valence-corrected chi connectivity index (χ0v) is 26.0. The number of aromatic hydroxyl groups is 1. The van der Waals surface area contributed by atoms with Gasteiger partial charge in [0.05, 0.1) is 10.6 Å². The number of nitrogens with two attached hydrogens (primary N) is 1. The predicted octanol–water partition coefficient (Wildman–Crippen LogP) is 6.91. The number of phenols is 1. The van der Waals surface area contributed by atoms with Crippen molar-refractivity contribution < 1.29 is 29.3 Å². The summed E-state index contributed by atoms with van der Waals surface area (Å²) in [6.45, 7) is 9.79. The number of ether oxygens (including phenoxy) is 2. The highest BCUT2D eigenvalue weighted by Crippen LogP contribution is 2.40. The van der Waals surface area contributed by atoms with Gasteiger partial charge in [-0.15, -0.1) is 0 Å². The summed E-state index contributed by atoms with van der Waals surface area (Å²) >= 11 is 3.34. The van der Waals surface area contributed by atoms with Gasteiger partial charge in [-0.1, -0.05) is 82.9 Å².